The molecule has 3 aromatic rings. The van der Waals surface area contributed by atoms with Gasteiger partial charge >= 0.3 is 0 Å². The molecule has 0 aliphatic heterocycles. The number of benzene rings is 2. The quantitative estimate of drug-likeness (QED) is 0.679. The summed E-state index contributed by atoms with van der Waals surface area (Å²) >= 11 is 1.89. The minimum absolute atomic E-state index is 0.350. The number of phenols is 1. The monoisotopic (exact) mass is 300 g/mol. The minimum Gasteiger partial charge on any atom is -0.507 e. The van der Waals surface area contributed by atoms with Crippen LogP contribution in [0.2, 0.25) is 0 Å². The molecule has 1 fully saturated rings. The molecule has 2 aromatic carbocycles. The molecule has 110 valence electrons. The Bertz CT molecular complexity index is 653. The Labute approximate surface area is 129 Å². The molecule has 0 saturated heterocycles. The first-order valence-corrected chi connectivity index (χ1v) is 7.87. The van der Waals surface area contributed by atoms with Gasteiger partial charge in [0.25, 0.3) is 0 Å². The maximum atomic E-state index is 9.37. The second kappa shape index (κ2) is 7.81. The summed E-state index contributed by atoms with van der Waals surface area (Å²) in [5.41, 5.74) is 0. The standard InChI is InChI=1S/C10H8O.C7H8S.CH4O/c11-10-7-3-5-8-4-1-2-6-9(8)10;1-2-7(8-5-1)6-3-4-6;1-2/h1-7,11H;1-2,5-6H,3-4H2;2H,1H3. The highest BCUT2D eigenvalue weighted by molar-refractivity contribution is 7.10. The van der Waals surface area contributed by atoms with Gasteiger partial charge in [-0.3, -0.25) is 0 Å². The largest absolute Gasteiger partial charge is 0.507 e. The molecule has 1 aliphatic carbocycles. The normalized spacial score (nSPS) is 12.9. The molecule has 0 spiro atoms. The van der Waals surface area contributed by atoms with Crippen molar-refractivity contribution in [3.8, 4) is 5.75 Å². The van der Waals surface area contributed by atoms with E-state index in [0.717, 1.165) is 23.8 Å². The third-order valence-corrected chi connectivity index (χ3v) is 4.32. The Kier molecular flexibility index (Phi) is 5.78. The lowest BCUT2D eigenvalue weighted by atomic mass is 10.1. The van der Waals surface area contributed by atoms with Crippen molar-refractivity contribution in [2.45, 2.75) is 18.8 Å². The molecule has 21 heavy (non-hydrogen) atoms. The van der Waals surface area contributed by atoms with Crippen LogP contribution in [0.1, 0.15) is 23.6 Å². The Hall–Kier alpha value is -1.84. The highest BCUT2D eigenvalue weighted by atomic mass is 32.1. The van der Waals surface area contributed by atoms with Crippen molar-refractivity contribution >= 4 is 22.1 Å². The summed E-state index contributed by atoms with van der Waals surface area (Å²) < 4.78 is 0. The molecule has 0 radical (unpaired) electrons. The number of hydrogen-bond donors (Lipinski definition) is 2. The highest BCUT2D eigenvalue weighted by Crippen LogP contribution is 2.41. The van der Waals surface area contributed by atoms with E-state index in [1.165, 1.54) is 12.8 Å². The molecule has 1 aliphatic rings. The molecular formula is C18H20O2S. The van der Waals surface area contributed by atoms with Crippen LogP contribution in [-0.2, 0) is 0 Å². The van der Waals surface area contributed by atoms with Crippen LogP contribution >= 0.6 is 11.3 Å². The fraction of sp³-hybridized carbons (Fsp3) is 0.222. The third-order valence-electron chi connectivity index (χ3n) is 3.29. The molecule has 0 atom stereocenters. The average Bonchev–Trinajstić information content (AvgIpc) is 3.26. The fourth-order valence-corrected chi connectivity index (χ4v) is 3.00. The van der Waals surface area contributed by atoms with Crippen molar-refractivity contribution in [3.05, 3.63) is 64.9 Å². The highest BCUT2D eigenvalue weighted by Gasteiger charge is 2.23. The van der Waals surface area contributed by atoms with E-state index in [2.05, 4.69) is 17.5 Å². The Morgan fingerprint density at radius 1 is 0.905 bits per heavy atom. The van der Waals surface area contributed by atoms with Gasteiger partial charge < -0.3 is 10.2 Å². The maximum absolute atomic E-state index is 9.37. The van der Waals surface area contributed by atoms with E-state index >= 15 is 0 Å². The van der Waals surface area contributed by atoms with E-state index in [1.54, 1.807) is 10.9 Å². The molecule has 3 heteroatoms. The topological polar surface area (TPSA) is 40.5 Å². The van der Waals surface area contributed by atoms with Gasteiger partial charge in [-0.1, -0.05) is 42.5 Å². The van der Waals surface area contributed by atoms with E-state index < -0.39 is 0 Å². The van der Waals surface area contributed by atoms with Crippen LogP contribution in [0.25, 0.3) is 10.8 Å². The number of rotatable bonds is 1. The van der Waals surface area contributed by atoms with Gasteiger partial charge in [-0.25, -0.2) is 0 Å². The first-order valence-electron chi connectivity index (χ1n) is 6.99. The van der Waals surface area contributed by atoms with Crippen LogP contribution in [0.4, 0.5) is 0 Å². The van der Waals surface area contributed by atoms with Crippen LogP contribution < -0.4 is 0 Å². The maximum Gasteiger partial charge on any atom is 0.123 e. The first kappa shape index (κ1) is 15.5. The van der Waals surface area contributed by atoms with Gasteiger partial charge in [-0.05, 0) is 41.7 Å². The summed E-state index contributed by atoms with van der Waals surface area (Å²) in [5, 5.41) is 20.5. The summed E-state index contributed by atoms with van der Waals surface area (Å²) in [6.07, 6.45) is 2.86. The Morgan fingerprint density at radius 2 is 1.62 bits per heavy atom. The van der Waals surface area contributed by atoms with E-state index in [-0.39, 0.29) is 0 Å². The van der Waals surface area contributed by atoms with Crippen molar-refractivity contribution in [2.24, 2.45) is 0 Å². The smallest absolute Gasteiger partial charge is 0.123 e. The predicted molar refractivity (Wildman–Crippen MR) is 90.0 cm³/mol. The zero-order valence-corrected chi connectivity index (χ0v) is 12.9. The lowest BCUT2D eigenvalue weighted by Crippen LogP contribution is -1.70. The number of aliphatic hydroxyl groups is 1. The number of aliphatic hydroxyl groups excluding tert-OH is 1. The molecular weight excluding hydrogens is 280 g/mol. The van der Waals surface area contributed by atoms with Crippen LogP contribution in [0.15, 0.2) is 60.0 Å². The van der Waals surface area contributed by atoms with Gasteiger partial charge in [-0.15, -0.1) is 11.3 Å². The van der Waals surface area contributed by atoms with Crippen LogP contribution in [0.3, 0.4) is 0 Å². The molecule has 0 bridgehead atoms. The van der Waals surface area contributed by atoms with Crippen LogP contribution in [0, 0.1) is 0 Å². The molecule has 4 rings (SSSR count). The van der Waals surface area contributed by atoms with Gasteiger partial charge in [0, 0.05) is 17.4 Å². The number of phenolic OH excluding ortho intramolecular Hbond substituents is 1. The van der Waals surface area contributed by atoms with Crippen LogP contribution in [0.5, 0.6) is 5.75 Å². The van der Waals surface area contributed by atoms with Crippen molar-refractivity contribution < 1.29 is 10.2 Å². The Balaban J connectivity index is 0.000000143. The van der Waals surface area contributed by atoms with Gasteiger partial charge in [0.1, 0.15) is 5.75 Å². The van der Waals surface area contributed by atoms with Gasteiger partial charge in [0.15, 0.2) is 0 Å². The Morgan fingerprint density at radius 3 is 2.24 bits per heavy atom. The minimum atomic E-state index is 0.350. The predicted octanol–water partition coefficient (Wildman–Crippen LogP) is 4.78. The average molecular weight is 300 g/mol. The van der Waals surface area contributed by atoms with E-state index in [9.17, 15) is 5.11 Å². The third kappa shape index (κ3) is 4.31. The molecule has 2 nitrogen and oxygen atoms in total. The molecule has 1 aromatic heterocycles. The van der Waals surface area contributed by atoms with Gasteiger partial charge in [-0.2, -0.15) is 0 Å². The summed E-state index contributed by atoms with van der Waals surface area (Å²) in [7, 11) is 1.00. The molecule has 0 amide bonds. The summed E-state index contributed by atoms with van der Waals surface area (Å²) in [6.45, 7) is 0. The zero-order valence-electron chi connectivity index (χ0n) is 12.1. The first-order chi connectivity index (χ1) is 10.3. The molecule has 1 saturated carbocycles. The second-order valence-corrected chi connectivity index (χ2v) is 5.77. The van der Waals surface area contributed by atoms with E-state index in [1.807, 2.05) is 47.7 Å². The summed E-state index contributed by atoms with van der Waals surface area (Å²) in [6, 6.07) is 17.7. The lowest BCUT2D eigenvalue weighted by Gasteiger charge is -1.97. The molecule has 0 unspecified atom stereocenters. The number of aromatic hydroxyl groups is 1. The summed E-state index contributed by atoms with van der Waals surface area (Å²) in [5.74, 6) is 1.30. The molecule has 2 N–H and O–H groups in total. The van der Waals surface area contributed by atoms with E-state index in [0.29, 0.717) is 5.75 Å². The van der Waals surface area contributed by atoms with Crippen molar-refractivity contribution in [1.82, 2.24) is 0 Å². The SMILES string of the molecule is CO.Oc1cccc2ccccc12.c1csc(C2CC2)c1. The van der Waals surface area contributed by atoms with Crippen LogP contribution in [-0.4, -0.2) is 17.3 Å². The van der Waals surface area contributed by atoms with Crippen molar-refractivity contribution in [1.29, 1.82) is 0 Å². The van der Waals surface area contributed by atoms with E-state index in [4.69, 9.17) is 5.11 Å². The number of thiophene rings is 1. The lowest BCUT2D eigenvalue weighted by molar-refractivity contribution is 0.399. The second-order valence-electron chi connectivity index (χ2n) is 4.79. The van der Waals surface area contributed by atoms with Crippen molar-refractivity contribution in [2.75, 3.05) is 7.11 Å². The zero-order chi connectivity index (χ0) is 15.1. The summed E-state index contributed by atoms with van der Waals surface area (Å²) in [4.78, 5) is 1.59. The van der Waals surface area contributed by atoms with Gasteiger partial charge in [0.05, 0.1) is 0 Å². The number of hydrogen-bond acceptors (Lipinski definition) is 3. The van der Waals surface area contributed by atoms with Crippen molar-refractivity contribution in [3.63, 3.8) is 0 Å². The van der Waals surface area contributed by atoms with Gasteiger partial charge in [0.2, 0.25) is 0 Å². The molecule has 1 heterocycles. The number of fused-ring (bicyclic) bond motifs is 1. The fourth-order valence-electron chi connectivity index (χ4n) is 2.10.